The number of anilines is 1. The van der Waals surface area contributed by atoms with E-state index in [0.29, 0.717) is 32.8 Å². The maximum atomic E-state index is 10.00. The zero-order valence-electron chi connectivity index (χ0n) is 19.1. The molecule has 0 spiro atoms. The Labute approximate surface area is 218 Å². The SMILES string of the molecule is COc1cccc(C=C(C#N)c2nn(-c3ccccc3)c(N)c2C#N)c1OCc1ccc(Cl)cc1Cl. The number of hydrogen-bond acceptors (Lipinski definition) is 6. The number of rotatable bonds is 7. The number of ether oxygens (including phenoxy) is 2. The lowest BCUT2D eigenvalue weighted by molar-refractivity contribution is 0.284. The first-order valence-corrected chi connectivity index (χ1v) is 11.4. The van der Waals surface area contributed by atoms with Crippen molar-refractivity contribution >= 4 is 40.7 Å². The number of benzene rings is 3. The highest BCUT2D eigenvalue weighted by Crippen LogP contribution is 2.36. The number of methoxy groups -OCH3 is 1. The van der Waals surface area contributed by atoms with Crippen molar-refractivity contribution in [3.8, 4) is 29.3 Å². The van der Waals surface area contributed by atoms with E-state index in [4.69, 9.17) is 38.4 Å². The van der Waals surface area contributed by atoms with Crippen LogP contribution in [0.3, 0.4) is 0 Å². The third-order valence-corrected chi connectivity index (χ3v) is 5.91. The first-order valence-electron chi connectivity index (χ1n) is 10.7. The van der Waals surface area contributed by atoms with Crippen molar-refractivity contribution in [2.45, 2.75) is 6.61 Å². The van der Waals surface area contributed by atoms with Gasteiger partial charge in [-0.1, -0.05) is 59.6 Å². The van der Waals surface area contributed by atoms with Gasteiger partial charge < -0.3 is 15.2 Å². The molecule has 4 aromatic rings. The molecule has 7 nitrogen and oxygen atoms in total. The second-order valence-electron chi connectivity index (χ2n) is 7.54. The molecule has 0 atom stereocenters. The molecule has 4 rings (SSSR count). The van der Waals surface area contributed by atoms with Crippen LogP contribution in [-0.4, -0.2) is 16.9 Å². The van der Waals surface area contributed by atoms with E-state index in [-0.39, 0.29) is 29.3 Å². The lowest BCUT2D eigenvalue weighted by atomic mass is 10.0. The molecule has 0 saturated heterocycles. The Morgan fingerprint density at radius 3 is 2.53 bits per heavy atom. The summed E-state index contributed by atoms with van der Waals surface area (Å²) in [4.78, 5) is 0. The molecule has 2 N–H and O–H groups in total. The third-order valence-electron chi connectivity index (χ3n) is 5.33. The molecule has 0 aliphatic carbocycles. The van der Waals surface area contributed by atoms with Crippen LogP contribution in [0.2, 0.25) is 10.0 Å². The molecule has 36 heavy (non-hydrogen) atoms. The van der Waals surface area contributed by atoms with Gasteiger partial charge in [0.05, 0.1) is 18.4 Å². The molecule has 0 aliphatic rings. The highest BCUT2D eigenvalue weighted by atomic mass is 35.5. The molecule has 3 aromatic carbocycles. The lowest BCUT2D eigenvalue weighted by Crippen LogP contribution is -2.02. The summed E-state index contributed by atoms with van der Waals surface area (Å²) >= 11 is 12.3. The quantitative estimate of drug-likeness (QED) is 0.289. The fourth-order valence-electron chi connectivity index (χ4n) is 3.56. The highest BCUT2D eigenvalue weighted by molar-refractivity contribution is 6.35. The van der Waals surface area contributed by atoms with Crippen LogP contribution >= 0.6 is 23.2 Å². The van der Waals surface area contributed by atoms with Gasteiger partial charge in [0.2, 0.25) is 0 Å². The number of allylic oxidation sites excluding steroid dienone is 1. The Balaban J connectivity index is 1.77. The molecule has 0 fully saturated rings. The zero-order valence-corrected chi connectivity index (χ0v) is 20.6. The number of nitrogens with zero attached hydrogens (tertiary/aromatic N) is 4. The first kappa shape index (κ1) is 24.7. The Morgan fingerprint density at radius 2 is 1.86 bits per heavy atom. The molecule has 0 radical (unpaired) electrons. The van der Waals surface area contributed by atoms with Gasteiger partial charge in [-0.05, 0) is 36.4 Å². The molecule has 1 aromatic heterocycles. The van der Waals surface area contributed by atoms with Gasteiger partial charge >= 0.3 is 0 Å². The van der Waals surface area contributed by atoms with Crippen molar-refractivity contribution in [3.63, 3.8) is 0 Å². The molecule has 0 amide bonds. The molecule has 178 valence electrons. The van der Waals surface area contributed by atoms with Gasteiger partial charge in [-0.15, -0.1) is 0 Å². The van der Waals surface area contributed by atoms with Gasteiger partial charge in [0.1, 0.15) is 35.8 Å². The highest BCUT2D eigenvalue weighted by Gasteiger charge is 2.21. The molecule has 1 heterocycles. The standard InChI is InChI=1S/C27H19Cl2N5O2/c1-35-24-9-5-6-17(26(24)36-16-18-10-11-20(28)13-23(18)29)12-19(14-30)25-22(15-31)27(32)34(33-25)21-7-3-2-4-8-21/h2-13H,16,32H2,1H3. The summed E-state index contributed by atoms with van der Waals surface area (Å²) in [6.45, 7) is 0.137. The third kappa shape index (κ3) is 4.99. The summed E-state index contributed by atoms with van der Waals surface area (Å²) < 4.78 is 13.0. The van der Waals surface area contributed by atoms with Gasteiger partial charge in [0, 0.05) is 21.2 Å². The largest absolute Gasteiger partial charge is 0.493 e. The van der Waals surface area contributed by atoms with Gasteiger partial charge in [-0.25, -0.2) is 4.68 Å². The van der Waals surface area contributed by atoms with Crippen LogP contribution in [0, 0.1) is 22.7 Å². The smallest absolute Gasteiger partial charge is 0.168 e. The van der Waals surface area contributed by atoms with Crippen LogP contribution in [0.4, 0.5) is 5.82 Å². The minimum absolute atomic E-state index is 0.102. The molecular formula is C27H19Cl2N5O2. The van der Waals surface area contributed by atoms with Gasteiger partial charge in [0.25, 0.3) is 0 Å². The van der Waals surface area contributed by atoms with E-state index in [2.05, 4.69) is 17.2 Å². The topological polar surface area (TPSA) is 110 Å². The fourth-order valence-corrected chi connectivity index (χ4v) is 4.02. The monoisotopic (exact) mass is 515 g/mol. The van der Waals surface area contributed by atoms with Crippen molar-refractivity contribution in [1.29, 1.82) is 10.5 Å². The van der Waals surface area contributed by atoms with E-state index in [0.717, 1.165) is 5.56 Å². The maximum Gasteiger partial charge on any atom is 0.168 e. The number of aromatic nitrogens is 2. The number of para-hydroxylation sites is 2. The van der Waals surface area contributed by atoms with E-state index in [1.807, 2.05) is 18.2 Å². The zero-order chi connectivity index (χ0) is 25.7. The predicted molar refractivity (Wildman–Crippen MR) is 140 cm³/mol. The van der Waals surface area contributed by atoms with Gasteiger partial charge in [0.15, 0.2) is 11.5 Å². The van der Waals surface area contributed by atoms with Crippen LogP contribution in [-0.2, 0) is 6.61 Å². The van der Waals surface area contributed by atoms with Crippen molar-refractivity contribution in [2.24, 2.45) is 0 Å². The summed E-state index contributed by atoms with van der Waals surface area (Å²) in [5.41, 5.74) is 8.56. The summed E-state index contributed by atoms with van der Waals surface area (Å²) in [6.07, 6.45) is 1.58. The summed E-state index contributed by atoms with van der Waals surface area (Å²) in [6, 6.07) is 23.7. The van der Waals surface area contributed by atoms with Crippen molar-refractivity contribution in [2.75, 3.05) is 12.8 Å². The van der Waals surface area contributed by atoms with Crippen molar-refractivity contribution < 1.29 is 9.47 Å². The summed E-state index contributed by atoms with van der Waals surface area (Å²) in [5, 5.41) is 25.2. The summed E-state index contributed by atoms with van der Waals surface area (Å²) in [5.74, 6) is 0.994. The average Bonchev–Trinajstić information content (AvgIpc) is 3.23. The number of nitrogen functional groups attached to an aromatic ring is 1. The second kappa shape index (κ2) is 10.9. The van der Waals surface area contributed by atoms with Crippen molar-refractivity contribution in [3.05, 3.63) is 99.2 Å². The Kier molecular flexibility index (Phi) is 7.46. The van der Waals surface area contributed by atoms with E-state index < -0.39 is 0 Å². The van der Waals surface area contributed by atoms with Crippen LogP contribution in [0.5, 0.6) is 11.5 Å². The molecule has 9 heteroatoms. The number of hydrogen-bond donors (Lipinski definition) is 1. The molecule has 0 bridgehead atoms. The van der Waals surface area contributed by atoms with Gasteiger partial charge in [-0.3, -0.25) is 0 Å². The Morgan fingerprint density at radius 1 is 1.08 bits per heavy atom. The second-order valence-corrected chi connectivity index (χ2v) is 8.38. The Bertz CT molecular complexity index is 1530. The molecule has 0 unspecified atom stereocenters. The number of nitriles is 2. The first-order chi connectivity index (χ1) is 17.5. The van der Waals surface area contributed by atoms with Gasteiger partial charge in [-0.2, -0.15) is 15.6 Å². The fraction of sp³-hybridized carbons (Fsp3) is 0.0741. The Hall–Kier alpha value is -4.43. The van der Waals surface area contributed by atoms with E-state index in [1.54, 1.807) is 54.6 Å². The number of nitrogens with two attached hydrogens (primary N) is 1. The molecule has 0 aliphatic heterocycles. The van der Waals surface area contributed by atoms with Crippen LogP contribution in [0.15, 0.2) is 66.7 Å². The minimum atomic E-state index is 0.102. The van der Waals surface area contributed by atoms with E-state index >= 15 is 0 Å². The van der Waals surface area contributed by atoms with Crippen LogP contribution in [0.25, 0.3) is 17.3 Å². The average molecular weight is 516 g/mol. The van der Waals surface area contributed by atoms with E-state index in [1.165, 1.54) is 11.8 Å². The van der Waals surface area contributed by atoms with E-state index in [9.17, 15) is 10.5 Å². The predicted octanol–water partition coefficient (Wildman–Crippen LogP) is 6.28. The maximum absolute atomic E-state index is 10.00. The van der Waals surface area contributed by atoms with Crippen LogP contribution in [0.1, 0.15) is 22.4 Å². The molecular weight excluding hydrogens is 497 g/mol. The number of halogens is 2. The summed E-state index contributed by atoms with van der Waals surface area (Å²) in [7, 11) is 1.52. The normalized spacial score (nSPS) is 11.0. The van der Waals surface area contributed by atoms with Crippen molar-refractivity contribution in [1.82, 2.24) is 9.78 Å². The lowest BCUT2D eigenvalue weighted by Gasteiger charge is -2.14. The van der Waals surface area contributed by atoms with Crippen LogP contribution < -0.4 is 15.2 Å². The molecule has 0 saturated carbocycles. The minimum Gasteiger partial charge on any atom is -0.493 e.